The molecule has 3 aromatic carbocycles. The molecule has 1 atom stereocenters. The van der Waals surface area contributed by atoms with Crippen molar-refractivity contribution in [3.8, 4) is 29.4 Å². The first-order valence-electron chi connectivity index (χ1n) is 10.0. The van der Waals surface area contributed by atoms with Crippen molar-refractivity contribution in [2.45, 2.75) is 12.3 Å². The molecule has 0 fully saturated rings. The summed E-state index contributed by atoms with van der Waals surface area (Å²) in [5, 5.41) is 6.92. The third kappa shape index (κ3) is 5.24. The Bertz CT molecular complexity index is 1310. The van der Waals surface area contributed by atoms with Crippen LogP contribution in [-0.4, -0.2) is 20.9 Å². The van der Waals surface area contributed by atoms with E-state index in [0.717, 1.165) is 12.1 Å². The quantitative estimate of drug-likeness (QED) is 0.376. The number of hydrogen-bond donors (Lipinski definition) is 1. The van der Waals surface area contributed by atoms with Gasteiger partial charge in [0.25, 0.3) is 0 Å². The molecule has 6 nitrogen and oxygen atoms in total. The van der Waals surface area contributed by atoms with E-state index >= 15 is 0 Å². The van der Waals surface area contributed by atoms with E-state index in [1.165, 1.54) is 23.1 Å². The number of carbonyl (C=O) groups is 1. The van der Waals surface area contributed by atoms with E-state index in [9.17, 15) is 18.0 Å². The Kier molecular flexibility index (Phi) is 6.32. The zero-order valence-corrected chi connectivity index (χ0v) is 17.5. The Labute approximate surface area is 193 Å². The predicted molar refractivity (Wildman–Crippen MR) is 120 cm³/mol. The molecule has 1 amide bonds. The minimum Gasteiger partial charge on any atom is -0.428 e. The van der Waals surface area contributed by atoms with Gasteiger partial charge in [-0.25, -0.2) is 14.5 Å². The van der Waals surface area contributed by atoms with Gasteiger partial charge < -0.3 is 4.74 Å². The van der Waals surface area contributed by atoms with Crippen LogP contribution in [0.15, 0.2) is 85.2 Å². The predicted octanol–water partition coefficient (Wildman–Crippen LogP) is 5.88. The number of carbonyl (C=O) groups excluding carboxylic acids is 1. The summed E-state index contributed by atoms with van der Waals surface area (Å²) in [7, 11) is 0. The fourth-order valence-electron chi connectivity index (χ4n) is 3.11. The summed E-state index contributed by atoms with van der Waals surface area (Å²) in [6, 6.07) is 20.2. The van der Waals surface area contributed by atoms with Gasteiger partial charge in [0.1, 0.15) is 6.33 Å². The minimum atomic E-state index is -4.41. The van der Waals surface area contributed by atoms with Crippen LogP contribution in [0.2, 0.25) is 0 Å². The van der Waals surface area contributed by atoms with Gasteiger partial charge in [0.15, 0.2) is 11.9 Å². The number of terminal acetylenes is 1. The first-order valence-corrected chi connectivity index (χ1v) is 10.0. The average molecular weight is 462 g/mol. The van der Waals surface area contributed by atoms with Crippen molar-refractivity contribution in [2.24, 2.45) is 0 Å². The van der Waals surface area contributed by atoms with Gasteiger partial charge in [0.2, 0.25) is 0 Å². The van der Waals surface area contributed by atoms with Crippen molar-refractivity contribution in [2.75, 3.05) is 5.32 Å². The van der Waals surface area contributed by atoms with E-state index in [4.69, 9.17) is 11.2 Å². The summed E-state index contributed by atoms with van der Waals surface area (Å²) in [5.41, 5.74) is 1.50. The molecule has 1 unspecified atom stereocenters. The molecule has 170 valence electrons. The van der Waals surface area contributed by atoms with Crippen LogP contribution < -0.4 is 5.32 Å². The summed E-state index contributed by atoms with van der Waals surface area (Å²) >= 11 is 0. The van der Waals surface area contributed by atoms with Gasteiger partial charge in [0, 0.05) is 16.8 Å². The highest BCUT2D eigenvalue weighted by Gasteiger charge is 2.30. The van der Waals surface area contributed by atoms with Gasteiger partial charge >= 0.3 is 12.3 Å². The third-order valence-electron chi connectivity index (χ3n) is 4.82. The summed E-state index contributed by atoms with van der Waals surface area (Å²) in [6.45, 7) is 0. The van der Waals surface area contributed by atoms with E-state index in [2.05, 4.69) is 21.3 Å². The second-order valence-electron chi connectivity index (χ2n) is 7.12. The maximum Gasteiger partial charge on any atom is 0.416 e. The molecule has 0 spiro atoms. The van der Waals surface area contributed by atoms with Crippen LogP contribution in [0, 0.1) is 12.3 Å². The Hall–Kier alpha value is -4.58. The molecule has 0 aliphatic heterocycles. The Balaban J connectivity index is 1.41. The standard InChI is InChI=1S/C25H17F3N4O2/c1-2-22(17-6-4-3-5-7-17)34-24(33)30-20-12-8-18(9-13-20)23-29-16-32(31-23)21-14-10-19(11-15-21)25(26,27)28/h1,3-16,22H,(H,30,33). The van der Waals surface area contributed by atoms with Crippen molar-refractivity contribution in [1.29, 1.82) is 0 Å². The molecule has 0 bridgehead atoms. The minimum absolute atomic E-state index is 0.366. The number of alkyl halides is 3. The van der Waals surface area contributed by atoms with Crippen molar-refractivity contribution in [3.63, 3.8) is 0 Å². The fraction of sp³-hybridized carbons (Fsp3) is 0.0800. The van der Waals surface area contributed by atoms with Crippen molar-refractivity contribution in [3.05, 3.63) is 96.3 Å². The first-order chi connectivity index (χ1) is 16.3. The SMILES string of the molecule is C#CC(OC(=O)Nc1ccc(-c2ncn(-c3ccc(C(F)(F)F)cc3)n2)cc1)c1ccccc1. The van der Waals surface area contributed by atoms with Crippen LogP contribution in [-0.2, 0) is 10.9 Å². The number of amides is 1. The molecule has 0 saturated heterocycles. The number of halogens is 3. The Morgan fingerprint density at radius 3 is 2.29 bits per heavy atom. The van der Waals surface area contributed by atoms with Crippen LogP contribution in [0.5, 0.6) is 0 Å². The fourth-order valence-corrected chi connectivity index (χ4v) is 3.11. The van der Waals surface area contributed by atoms with Gasteiger partial charge in [-0.15, -0.1) is 11.5 Å². The van der Waals surface area contributed by atoms with Crippen LogP contribution in [0.1, 0.15) is 17.2 Å². The van der Waals surface area contributed by atoms with E-state index in [1.54, 1.807) is 48.5 Å². The number of nitrogens with one attached hydrogen (secondary N) is 1. The normalized spacial score (nSPS) is 11.9. The molecule has 0 radical (unpaired) electrons. The van der Waals surface area contributed by atoms with Gasteiger partial charge in [-0.3, -0.25) is 5.32 Å². The molecule has 0 aliphatic rings. The van der Waals surface area contributed by atoms with E-state index in [0.29, 0.717) is 28.3 Å². The molecule has 9 heteroatoms. The molecule has 34 heavy (non-hydrogen) atoms. The maximum absolute atomic E-state index is 12.7. The van der Waals surface area contributed by atoms with E-state index in [-0.39, 0.29) is 0 Å². The summed E-state index contributed by atoms with van der Waals surface area (Å²) in [5.74, 6) is 2.80. The summed E-state index contributed by atoms with van der Waals surface area (Å²) < 4.78 is 44.9. The highest BCUT2D eigenvalue weighted by Crippen LogP contribution is 2.29. The number of ether oxygens (including phenoxy) is 1. The second kappa shape index (κ2) is 9.50. The van der Waals surface area contributed by atoms with Crippen LogP contribution in [0.25, 0.3) is 17.1 Å². The lowest BCUT2D eigenvalue weighted by Crippen LogP contribution is -2.16. The van der Waals surface area contributed by atoms with Gasteiger partial charge in [-0.2, -0.15) is 13.2 Å². The van der Waals surface area contributed by atoms with Crippen molar-refractivity contribution in [1.82, 2.24) is 14.8 Å². The second-order valence-corrected chi connectivity index (χ2v) is 7.12. The number of hydrogen-bond acceptors (Lipinski definition) is 4. The van der Waals surface area contributed by atoms with Crippen molar-refractivity contribution >= 4 is 11.8 Å². The first kappa shape index (κ1) is 22.6. The highest BCUT2D eigenvalue weighted by atomic mass is 19.4. The van der Waals surface area contributed by atoms with Gasteiger partial charge in [-0.05, 0) is 48.5 Å². The number of anilines is 1. The highest BCUT2D eigenvalue weighted by molar-refractivity contribution is 5.85. The monoisotopic (exact) mass is 462 g/mol. The van der Waals surface area contributed by atoms with E-state index in [1.807, 2.05) is 6.07 Å². The number of rotatable bonds is 5. The Morgan fingerprint density at radius 1 is 1.00 bits per heavy atom. The summed E-state index contributed by atoms with van der Waals surface area (Å²) in [6.07, 6.45) is 0.958. The number of benzene rings is 3. The average Bonchev–Trinajstić information content (AvgIpc) is 3.33. The van der Waals surface area contributed by atoms with E-state index < -0.39 is 23.9 Å². The topological polar surface area (TPSA) is 69.0 Å². The Morgan fingerprint density at radius 2 is 1.68 bits per heavy atom. The molecule has 1 aromatic heterocycles. The largest absolute Gasteiger partial charge is 0.428 e. The molecular formula is C25H17F3N4O2. The molecule has 0 saturated carbocycles. The molecule has 4 rings (SSSR count). The summed E-state index contributed by atoms with van der Waals surface area (Å²) in [4.78, 5) is 16.4. The van der Waals surface area contributed by atoms with Gasteiger partial charge in [-0.1, -0.05) is 36.3 Å². The lowest BCUT2D eigenvalue weighted by molar-refractivity contribution is -0.137. The van der Waals surface area contributed by atoms with Gasteiger partial charge in [0.05, 0.1) is 11.3 Å². The lowest BCUT2D eigenvalue weighted by Gasteiger charge is -2.13. The number of nitrogens with zero attached hydrogens (tertiary/aromatic N) is 3. The zero-order valence-electron chi connectivity index (χ0n) is 17.5. The lowest BCUT2D eigenvalue weighted by atomic mass is 10.1. The molecule has 1 heterocycles. The van der Waals surface area contributed by atoms with Crippen LogP contribution in [0.3, 0.4) is 0 Å². The van der Waals surface area contributed by atoms with Crippen molar-refractivity contribution < 1.29 is 22.7 Å². The smallest absolute Gasteiger partial charge is 0.416 e. The molecule has 1 N–H and O–H groups in total. The number of aromatic nitrogens is 3. The van der Waals surface area contributed by atoms with Crippen LogP contribution in [0.4, 0.5) is 23.7 Å². The third-order valence-corrected chi connectivity index (χ3v) is 4.82. The molecule has 4 aromatic rings. The molecule has 0 aliphatic carbocycles. The zero-order chi connectivity index (χ0) is 24.1. The van der Waals surface area contributed by atoms with Crippen LogP contribution >= 0.6 is 0 Å². The maximum atomic E-state index is 12.7. The molecular weight excluding hydrogens is 445 g/mol.